The van der Waals surface area contributed by atoms with Crippen molar-refractivity contribution in [2.75, 3.05) is 12.9 Å². The molecule has 7 heteroatoms. The molecular formula is C12H16ClFO4S. The van der Waals surface area contributed by atoms with Crippen molar-refractivity contribution in [2.45, 2.75) is 26.4 Å². The maximum Gasteiger partial charge on any atom is 0.264 e. The van der Waals surface area contributed by atoms with Crippen LogP contribution >= 0.6 is 11.6 Å². The van der Waals surface area contributed by atoms with Crippen LogP contribution in [0.2, 0.25) is 5.02 Å². The average Bonchev–Trinajstić information content (AvgIpc) is 2.26. The van der Waals surface area contributed by atoms with Crippen LogP contribution in [0.4, 0.5) is 4.39 Å². The Labute approximate surface area is 117 Å². The molecule has 0 amide bonds. The first-order chi connectivity index (χ1) is 8.83. The summed E-state index contributed by atoms with van der Waals surface area (Å²) in [4.78, 5) is 0. The van der Waals surface area contributed by atoms with Gasteiger partial charge < -0.3 is 4.74 Å². The molecule has 0 fully saturated rings. The van der Waals surface area contributed by atoms with Crippen molar-refractivity contribution in [3.63, 3.8) is 0 Å². The summed E-state index contributed by atoms with van der Waals surface area (Å²) in [5, 5.41) is 0.0788. The van der Waals surface area contributed by atoms with E-state index >= 15 is 0 Å². The van der Waals surface area contributed by atoms with Crippen molar-refractivity contribution in [1.82, 2.24) is 0 Å². The maximum atomic E-state index is 13.8. The number of benzene rings is 1. The van der Waals surface area contributed by atoms with Gasteiger partial charge in [0.25, 0.3) is 10.1 Å². The summed E-state index contributed by atoms with van der Waals surface area (Å²) in [7, 11) is -3.64. The van der Waals surface area contributed by atoms with E-state index < -0.39 is 22.5 Å². The number of rotatable bonds is 7. The van der Waals surface area contributed by atoms with Crippen molar-refractivity contribution >= 4 is 21.7 Å². The normalized spacial score (nSPS) is 11.6. The molecule has 19 heavy (non-hydrogen) atoms. The summed E-state index contributed by atoms with van der Waals surface area (Å²) < 4.78 is 45.3. The van der Waals surface area contributed by atoms with Crippen LogP contribution in [-0.2, 0) is 20.9 Å². The second-order valence-corrected chi connectivity index (χ2v) is 6.08. The summed E-state index contributed by atoms with van der Waals surface area (Å²) in [6.45, 7) is 2.06. The molecule has 0 aliphatic heterocycles. The van der Waals surface area contributed by atoms with Gasteiger partial charge in [0.05, 0.1) is 24.5 Å². The molecule has 1 aromatic rings. The zero-order valence-corrected chi connectivity index (χ0v) is 12.4. The van der Waals surface area contributed by atoms with Crippen molar-refractivity contribution in [3.8, 4) is 5.75 Å². The third-order valence-electron chi connectivity index (χ3n) is 2.30. The van der Waals surface area contributed by atoms with Crippen molar-refractivity contribution < 1.29 is 21.7 Å². The van der Waals surface area contributed by atoms with Crippen LogP contribution in [0.1, 0.15) is 25.3 Å². The van der Waals surface area contributed by atoms with Gasteiger partial charge in [-0.15, -0.1) is 0 Å². The monoisotopic (exact) mass is 310 g/mol. The fourth-order valence-electron chi connectivity index (χ4n) is 1.30. The first-order valence-electron chi connectivity index (χ1n) is 5.78. The Balaban J connectivity index is 2.79. The number of unbranched alkanes of at least 4 members (excludes halogenated alkanes) is 1. The summed E-state index contributed by atoms with van der Waals surface area (Å²) in [6.07, 6.45) is 2.72. The lowest BCUT2D eigenvalue weighted by Crippen LogP contribution is -2.05. The zero-order chi connectivity index (χ0) is 14.5. The van der Waals surface area contributed by atoms with E-state index in [1.165, 1.54) is 12.1 Å². The number of ether oxygens (including phenoxy) is 1. The van der Waals surface area contributed by atoms with Gasteiger partial charge in [-0.05, 0) is 12.5 Å². The topological polar surface area (TPSA) is 52.6 Å². The van der Waals surface area contributed by atoms with Crippen molar-refractivity contribution in [1.29, 1.82) is 0 Å². The molecule has 4 nitrogen and oxygen atoms in total. The Hall–Kier alpha value is -0.850. The summed E-state index contributed by atoms with van der Waals surface area (Å²) in [5.74, 6) is -0.332. The van der Waals surface area contributed by atoms with Gasteiger partial charge in [0.2, 0.25) is 0 Å². The molecule has 1 aromatic carbocycles. The average molecular weight is 311 g/mol. The van der Waals surface area contributed by atoms with E-state index in [-0.39, 0.29) is 10.6 Å². The second kappa shape index (κ2) is 7.07. The first kappa shape index (κ1) is 16.2. The SMILES string of the molecule is CCCCOc1cc(F)c(COS(C)(=O)=O)c(Cl)c1. The van der Waals surface area contributed by atoms with E-state index in [2.05, 4.69) is 4.18 Å². The molecule has 0 unspecified atom stereocenters. The molecule has 0 atom stereocenters. The van der Waals surface area contributed by atoms with Gasteiger partial charge in [0, 0.05) is 11.6 Å². The molecule has 0 aliphatic carbocycles. The van der Waals surface area contributed by atoms with Gasteiger partial charge in [-0.1, -0.05) is 24.9 Å². The Morgan fingerprint density at radius 3 is 2.58 bits per heavy atom. The summed E-state index contributed by atoms with van der Waals surface area (Å²) in [6, 6.07) is 2.61. The number of halogens is 2. The molecule has 0 heterocycles. The summed E-state index contributed by atoms with van der Waals surface area (Å²) in [5.41, 5.74) is -0.00469. The van der Waals surface area contributed by atoms with Crippen LogP contribution in [0.15, 0.2) is 12.1 Å². The molecular weight excluding hydrogens is 295 g/mol. The molecule has 0 saturated heterocycles. The Morgan fingerprint density at radius 1 is 1.37 bits per heavy atom. The lowest BCUT2D eigenvalue weighted by atomic mass is 10.2. The molecule has 0 radical (unpaired) electrons. The lowest BCUT2D eigenvalue weighted by molar-refractivity contribution is 0.299. The third kappa shape index (κ3) is 5.76. The van der Waals surface area contributed by atoms with Crippen LogP contribution in [-0.4, -0.2) is 21.3 Å². The number of hydrogen-bond acceptors (Lipinski definition) is 4. The Bertz CT molecular complexity index is 508. The molecule has 0 aromatic heterocycles. The highest BCUT2D eigenvalue weighted by Crippen LogP contribution is 2.27. The largest absolute Gasteiger partial charge is 0.493 e. The van der Waals surface area contributed by atoms with Crippen LogP contribution in [0.3, 0.4) is 0 Å². The lowest BCUT2D eigenvalue weighted by Gasteiger charge is -2.10. The highest BCUT2D eigenvalue weighted by molar-refractivity contribution is 7.85. The molecule has 108 valence electrons. The van der Waals surface area contributed by atoms with Crippen molar-refractivity contribution in [2.24, 2.45) is 0 Å². The van der Waals surface area contributed by atoms with Crippen LogP contribution in [0.5, 0.6) is 5.75 Å². The van der Waals surface area contributed by atoms with E-state index in [0.717, 1.165) is 19.1 Å². The molecule has 0 aliphatic rings. The fraction of sp³-hybridized carbons (Fsp3) is 0.500. The molecule has 0 saturated carbocycles. The molecule has 1 rings (SSSR count). The standard InChI is InChI=1S/C12H16ClFO4S/c1-3-4-5-17-9-6-11(13)10(12(14)7-9)8-18-19(2,15)16/h6-7H,3-5,8H2,1-2H3. The maximum absolute atomic E-state index is 13.8. The highest BCUT2D eigenvalue weighted by atomic mass is 35.5. The van der Waals surface area contributed by atoms with Crippen LogP contribution in [0, 0.1) is 5.82 Å². The second-order valence-electron chi connectivity index (χ2n) is 4.03. The van der Waals surface area contributed by atoms with E-state index in [4.69, 9.17) is 16.3 Å². The van der Waals surface area contributed by atoms with E-state index in [1.54, 1.807) is 0 Å². The summed E-state index contributed by atoms with van der Waals surface area (Å²) >= 11 is 5.88. The van der Waals surface area contributed by atoms with Gasteiger partial charge in [-0.25, -0.2) is 4.39 Å². The van der Waals surface area contributed by atoms with E-state index in [1.807, 2.05) is 6.92 Å². The van der Waals surface area contributed by atoms with Gasteiger partial charge in [0.1, 0.15) is 11.6 Å². The minimum Gasteiger partial charge on any atom is -0.493 e. The van der Waals surface area contributed by atoms with E-state index in [9.17, 15) is 12.8 Å². The zero-order valence-electron chi connectivity index (χ0n) is 10.8. The predicted molar refractivity (Wildman–Crippen MR) is 71.4 cm³/mol. The third-order valence-corrected chi connectivity index (χ3v) is 3.18. The van der Waals surface area contributed by atoms with Crippen LogP contribution in [0.25, 0.3) is 0 Å². The highest BCUT2D eigenvalue weighted by Gasteiger charge is 2.13. The van der Waals surface area contributed by atoms with Gasteiger partial charge in [-0.2, -0.15) is 8.42 Å². The van der Waals surface area contributed by atoms with Crippen molar-refractivity contribution in [3.05, 3.63) is 28.5 Å². The van der Waals surface area contributed by atoms with Gasteiger partial charge in [-0.3, -0.25) is 4.18 Å². The van der Waals surface area contributed by atoms with Gasteiger partial charge in [0.15, 0.2) is 0 Å². The van der Waals surface area contributed by atoms with E-state index in [0.29, 0.717) is 12.4 Å². The number of hydrogen-bond donors (Lipinski definition) is 0. The Morgan fingerprint density at radius 2 is 2.05 bits per heavy atom. The Kier molecular flexibility index (Phi) is 6.03. The quantitative estimate of drug-likeness (QED) is 0.573. The predicted octanol–water partition coefficient (Wildman–Crippen LogP) is 3.13. The molecule has 0 bridgehead atoms. The minimum atomic E-state index is -3.64. The minimum absolute atomic E-state index is 0.00469. The van der Waals surface area contributed by atoms with Gasteiger partial charge >= 0.3 is 0 Å². The first-order valence-corrected chi connectivity index (χ1v) is 7.98. The fourth-order valence-corrected chi connectivity index (χ4v) is 1.89. The molecule has 0 spiro atoms. The van der Waals surface area contributed by atoms with Crippen LogP contribution < -0.4 is 4.74 Å². The molecule has 0 N–H and O–H groups in total. The smallest absolute Gasteiger partial charge is 0.264 e.